The van der Waals surface area contributed by atoms with Crippen LogP contribution in [0, 0.1) is 0 Å². The van der Waals surface area contributed by atoms with Gasteiger partial charge in [0.25, 0.3) is 0 Å². The number of likely N-dealkylation sites (N-methyl/N-ethyl adjacent to an activating group) is 1. The standard InChI is InChI=1S/C13H22N2/c1-3-12-6-4-5-7-13(12)15-10-8-14(2)9-11-15/h4,6H,3,5,7-11H2,1-2H3. The number of hydrogen-bond donors (Lipinski definition) is 0. The van der Waals surface area contributed by atoms with E-state index in [1.54, 1.807) is 11.3 Å². The van der Waals surface area contributed by atoms with Crippen molar-refractivity contribution in [2.45, 2.75) is 26.2 Å². The minimum atomic E-state index is 1.18. The SMILES string of the molecule is CCC1=C(N2CCN(C)CC2)CCC=C1. The van der Waals surface area contributed by atoms with Gasteiger partial charge in [0, 0.05) is 31.9 Å². The van der Waals surface area contributed by atoms with E-state index in [9.17, 15) is 0 Å². The molecule has 1 heterocycles. The molecule has 0 unspecified atom stereocenters. The van der Waals surface area contributed by atoms with Crippen LogP contribution in [0.5, 0.6) is 0 Å². The molecule has 0 aromatic heterocycles. The van der Waals surface area contributed by atoms with Crippen LogP contribution < -0.4 is 0 Å². The van der Waals surface area contributed by atoms with Gasteiger partial charge in [0.2, 0.25) is 0 Å². The Labute approximate surface area is 93.2 Å². The molecule has 0 atom stereocenters. The van der Waals surface area contributed by atoms with Crippen molar-refractivity contribution in [2.24, 2.45) is 0 Å². The Hall–Kier alpha value is -0.760. The zero-order valence-electron chi connectivity index (χ0n) is 10.00. The normalized spacial score (nSPS) is 23.7. The van der Waals surface area contributed by atoms with Gasteiger partial charge in [-0.05, 0) is 31.9 Å². The lowest BCUT2D eigenvalue weighted by molar-refractivity contribution is 0.181. The van der Waals surface area contributed by atoms with Gasteiger partial charge in [-0.2, -0.15) is 0 Å². The van der Waals surface area contributed by atoms with Crippen molar-refractivity contribution in [3.63, 3.8) is 0 Å². The Bertz CT molecular complexity index is 270. The van der Waals surface area contributed by atoms with Gasteiger partial charge < -0.3 is 9.80 Å². The van der Waals surface area contributed by atoms with Gasteiger partial charge in [0.05, 0.1) is 0 Å². The first-order chi connectivity index (χ1) is 7.31. The Kier molecular flexibility index (Phi) is 3.47. The third-order valence-electron chi connectivity index (χ3n) is 3.50. The predicted molar refractivity (Wildman–Crippen MR) is 64.8 cm³/mol. The van der Waals surface area contributed by atoms with Gasteiger partial charge in [0.15, 0.2) is 0 Å². The second-order valence-corrected chi connectivity index (χ2v) is 4.56. The molecule has 0 N–H and O–H groups in total. The van der Waals surface area contributed by atoms with E-state index >= 15 is 0 Å². The number of allylic oxidation sites excluding steroid dienone is 4. The zero-order chi connectivity index (χ0) is 10.7. The van der Waals surface area contributed by atoms with Gasteiger partial charge in [-0.3, -0.25) is 0 Å². The van der Waals surface area contributed by atoms with Crippen LogP contribution in [0.2, 0.25) is 0 Å². The van der Waals surface area contributed by atoms with Crippen molar-refractivity contribution >= 4 is 0 Å². The second kappa shape index (κ2) is 4.84. The minimum absolute atomic E-state index is 1.18. The van der Waals surface area contributed by atoms with E-state index in [2.05, 4.69) is 35.9 Å². The van der Waals surface area contributed by atoms with Crippen LogP contribution in [0.3, 0.4) is 0 Å². The van der Waals surface area contributed by atoms with E-state index in [1.807, 2.05) is 0 Å². The number of rotatable bonds is 2. The summed E-state index contributed by atoms with van der Waals surface area (Å²) in [5.41, 5.74) is 3.18. The summed E-state index contributed by atoms with van der Waals surface area (Å²) in [4.78, 5) is 5.02. The fraction of sp³-hybridized carbons (Fsp3) is 0.692. The molecular weight excluding hydrogens is 184 g/mol. The first-order valence-corrected chi connectivity index (χ1v) is 6.13. The van der Waals surface area contributed by atoms with E-state index in [1.165, 1.54) is 45.4 Å². The molecule has 15 heavy (non-hydrogen) atoms. The molecule has 2 rings (SSSR count). The summed E-state index contributed by atoms with van der Waals surface area (Å²) in [5.74, 6) is 0. The summed E-state index contributed by atoms with van der Waals surface area (Å²) in [6, 6.07) is 0. The highest BCUT2D eigenvalue weighted by molar-refractivity contribution is 5.28. The fourth-order valence-electron chi connectivity index (χ4n) is 2.46. The quantitative estimate of drug-likeness (QED) is 0.684. The summed E-state index contributed by atoms with van der Waals surface area (Å²) in [7, 11) is 2.22. The number of hydrogen-bond acceptors (Lipinski definition) is 2. The van der Waals surface area contributed by atoms with E-state index in [4.69, 9.17) is 0 Å². The molecule has 1 aliphatic carbocycles. The zero-order valence-corrected chi connectivity index (χ0v) is 10.00. The molecule has 0 bridgehead atoms. The van der Waals surface area contributed by atoms with Crippen LogP contribution in [0.4, 0.5) is 0 Å². The average molecular weight is 206 g/mol. The summed E-state index contributed by atoms with van der Waals surface area (Å²) in [6.45, 7) is 7.11. The highest BCUT2D eigenvalue weighted by atomic mass is 15.2. The molecule has 0 saturated carbocycles. The number of nitrogens with zero attached hydrogens (tertiary/aromatic N) is 2. The molecular formula is C13H22N2. The molecule has 1 fully saturated rings. The first-order valence-electron chi connectivity index (χ1n) is 6.13. The molecule has 0 amide bonds. The Morgan fingerprint density at radius 3 is 2.60 bits per heavy atom. The maximum atomic E-state index is 2.60. The molecule has 2 heteroatoms. The van der Waals surface area contributed by atoms with E-state index in [0.29, 0.717) is 0 Å². The lowest BCUT2D eigenvalue weighted by Crippen LogP contribution is -2.44. The molecule has 0 aromatic carbocycles. The van der Waals surface area contributed by atoms with Crippen LogP contribution >= 0.6 is 0 Å². The van der Waals surface area contributed by atoms with Crippen molar-refractivity contribution in [1.29, 1.82) is 0 Å². The Balaban J connectivity index is 2.08. The highest BCUT2D eigenvalue weighted by Gasteiger charge is 2.18. The Morgan fingerprint density at radius 2 is 1.93 bits per heavy atom. The van der Waals surface area contributed by atoms with Crippen molar-refractivity contribution in [1.82, 2.24) is 9.80 Å². The number of piperazine rings is 1. The second-order valence-electron chi connectivity index (χ2n) is 4.56. The van der Waals surface area contributed by atoms with E-state index in [0.717, 1.165) is 0 Å². The summed E-state index contributed by atoms with van der Waals surface area (Å²) < 4.78 is 0. The van der Waals surface area contributed by atoms with Crippen LogP contribution in [0.1, 0.15) is 26.2 Å². The monoisotopic (exact) mass is 206 g/mol. The maximum absolute atomic E-state index is 2.60. The van der Waals surface area contributed by atoms with Crippen molar-refractivity contribution in [2.75, 3.05) is 33.2 Å². The van der Waals surface area contributed by atoms with E-state index < -0.39 is 0 Å². The summed E-state index contributed by atoms with van der Waals surface area (Å²) in [5, 5.41) is 0. The molecule has 0 radical (unpaired) electrons. The minimum Gasteiger partial charge on any atom is -0.372 e. The van der Waals surface area contributed by atoms with Gasteiger partial charge in [-0.15, -0.1) is 0 Å². The van der Waals surface area contributed by atoms with Crippen LogP contribution in [-0.2, 0) is 0 Å². The summed E-state index contributed by atoms with van der Waals surface area (Å²) >= 11 is 0. The fourth-order valence-corrected chi connectivity index (χ4v) is 2.46. The van der Waals surface area contributed by atoms with Crippen molar-refractivity contribution in [3.8, 4) is 0 Å². The Morgan fingerprint density at radius 1 is 1.20 bits per heavy atom. The predicted octanol–water partition coefficient (Wildman–Crippen LogP) is 2.25. The first kappa shape index (κ1) is 10.7. The average Bonchev–Trinajstić information content (AvgIpc) is 2.30. The van der Waals surface area contributed by atoms with Gasteiger partial charge in [-0.1, -0.05) is 19.1 Å². The van der Waals surface area contributed by atoms with Gasteiger partial charge >= 0.3 is 0 Å². The molecule has 2 nitrogen and oxygen atoms in total. The third kappa shape index (κ3) is 2.43. The van der Waals surface area contributed by atoms with Crippen LogP contribution in [-0.4, -0.2) is 43.0 Å². The van der Waals surface area contributed by atoms with E-state index in [-0.39, 0.29) is 0 Å². The van der Waals surface area contributed by atoms with Crippen molar-refractivity contribution in [3.05, 3.63) is 23.4 Å². The molecule has 0 aromatic rings. The van der Waals surface area contributed by atoms with Gasteiger partial charge in [0.1, 0.15) is 0 Å². The maximum Gasteiger partial charge on any atom is 0.0303 e. The lowest BCUT2D eigenvalue weighted by Gasteiger charge is -2.37. The van der Waals surface area contributed by atoms with Crippen LogP contribution in [0.25, 0.3) is 0 Å². The molecule has 0 spiro atoms. The third-order valence-corrected chi connectivity index (χ3v) is 3.50. The molecule has 1 saturated heterocycles. The summed E-state index contributed by atoms with van der Waals surface area (Å²) in [6.07, 6.45) is 8.31. The molecule has 1 aliphatic heterocycles. The van der Waals surface area contributed by atoms with Crippen molar-refractivity contribution < 1.29 is 0 Å². The topological polar surface area (TPSA) is 6.48 Å². The lowest BCUT2D eigenvalue weighted by atomic mass is 9.99. The molecule has 84 valence electrons. The van der Waals surface area contributed by atoms with Crippen LogP contribution in [0.15, 0.2) is 23.4 Å². The largest absolute Gasteiger partial charge is 0.372 e. The molecule has 2 aliphatic rings. The van der Waals surface area contributed by atoms with Gasteiger partial charge in [-0.25, -0.2) is 0 Å². The highest BCUT2D eigenvalue weighted by Crippen LogP contribution is 2.25. The smallest absolute Gasteiger partial charge is 0.0303 e.